The highest BCUT2D eigenvalue weighted by Gasteiger charge is 2.13. The number of carbonyl (C=O) groups excluding carboxylic acids is 1. The number of likely N-dealkylation sites (N-methyl/N-ethyl adjacent to an activating group) is 1. The van der Waals surface area contributed by atoms with E-state index in [0.29, 0.717) is 17.7 Å². The lowest BCUT2D eigenvalue weighted by atomic mass is 10.2. The number of carbonyl (C=O) groups is 1. The van der Waals surface area contributed by atoms with E-state index < -0.39 is 0 Å². The summed E-state index contributed by atoms with van der Waals surface area (Å²) in [5, 5.41) is 16.5. The Kier molecular flexibility index (Phi) is 4.99. The lowest BCUT2D eigenvalue weighted by Crippen LogP contribution is -2.30. The highest BCUT2D eigenvalue weighted by molar-refractivity contribution is 5.75. The fourth-order valence-corrected chi connectivity index (χ4v) is 1.87. The molecule has 0 aliphatic heterocycles. The first-order valence-electron chi connectivity index (χ1n) is 6.57. The highest BCUT2D eigenvalue weighted by atomic mass is 19.1. The van der Waals surface area contributed by atoms with E-state index in [1.165, 1.54) is 15.6 Å². The van der Waals surface area contributed by atoms with Gasteiger partial charge in [-0.15, -0.1) is 5.10 Å². The molecule has 1 heterocycles. The summed E-state index contributed by atoms with van der Waals surface area (Å²) in [6.07, 6.45) is 2.02. The highest BCUT2D eigenvalue weighted by Crippen LogP contribution is 2.09. The molecule has 7 heteroatoms. The molecule has 1 aromatic carbocycles. The smallest absolute Gasteiger partial charge is 0.244 e. The van der Waals surface area contributed by atoms with Crippen molar-refractivity contribution in [2.75, 3.05) is 13.7 Å². The van der Waals surface area contributed by atoms with Crippen LogP contribution in [0.4, 0.5) is 4.39 Å². The maximum Gasteiger partial charge on any atom is 0.244 e. The first kappa shape index (κ1) is 15.1. The van der Waals surface area contributed by atoms with Gasteiger partial charge in [-0.1, -0.05) is 23.4 Å². The third kappa shape index (κ3) is 4.09. The fraction of sp³-hybridized carbons (Fsp3) is 0.357. The predicted molar refractivity (Wildman–Crippen MR) is 73.7 cm³/mol. The molecule has 0 spiro atoms. The van der Waals surface area contributed by atoms with E-state index in [1.54, 1.807) is 31.4 Å². The van der Waals surface area contributed by atoms with Crippen molar-refractivity contribution < 1.29 is 14.3 Å². The Hall–Kier alpha value is -2.28. The second-order valence-corrected chi connectivity index (χ2v) is 4.72. The Morgan fingerprint density at radius 2 is 2.19 bits per heavy atom. The van der Waals surface area contributed by atoms with Crippen LogP contribution in [-0.2, 0) is 24.3 Å². The van der Waals surface area contributed by atoms with Gasteiger partial charge in [0.15, 0.2) is 0 Å². The minimum atomic E-state index is -0.330. The van der Waals surface area contributed by atoms with Crippen LogP contribution < -0.4 is 0 Å². The van der Waals surface area contributed by atoms with Crippen LogP contribution in [0.15, 0.2) is 30.5 Å². The lowest BCUT2D eigenvalue weighted by molar-refractivity contribution is -0.131. The summed E-state index contributed by atoms with van der Waals surface area (Å²) in [4.78, 5) is 13.5. The van der Waals surface area contributed by atoms with Crippen LogP contribution in [0, 0.1) is 5.82 Å². The number of aliphatic hydroxyl groups excluding tert-OH is 1. The molecular formula is C14H17FN4O2. The molecule has 0 saturated carbocycles. The summed E-state index contributed by atoms with van der Waals surface area (Å²) in [5.74, 6) is -0.526. The number of amides is 1. The molecule has 0 bridgehead atoms. The van der Waals surface area contributed by atoms with Crippen molar-refractivity contribution in [3.63, 3.8) is 0 Å². The fourth-order valence-electron chi connectivity index (χ4n) is 1.87. The molecule has 112 valence electrons. The van der Waals surface area contributed by atoms with Crippen molar-refractivity contribution in [3.05, 3.63) is 47.5 Å². The van der Waals surface area contributed by atoms with Crippen molar-refractivity contribution in [1.82, 2.24) is 19.9 Å². The van der Waals surface area contributed by atoms with Crippen LogP contribution in [0.2, 0.25) is 0 Å². The van der Waals surface area contributed by atoms with E-state index in [1.807, 2.05) is 0 Å². The zero-order valence-corrected chi connectivity index (χ0v) is 11.7. The van der Waals surface area contributed by atoms with E-state index in [4.69, 9.17) is 5.11 Å². The first-order chi connectivity index (χ1) is 10.1. The maximum atomic E-state index is 13.5. The Morgan fingerprint density at radius 3 is 2.90 bits per heavy atom. The molecule has 21 heavy (non-hydrogen) atoms. The molecule has 0 saturated heterocycles. The van der Waals surface area contributed by atoms with Gasteiger partial charge in [-0.05, 0) is 6.07 Å². The molecule has 6 nitrogen and oxygen atoms in total. The van der Waals surface area contributed by atoms with E-state index in [0.717, 1.165) is 0 Å². The summed E-state index contributed by atoms with van der Waals surface area (Å²) in [7, 11) is 1.61. The molecule has 0 aliphatic rings. The predicted octanol–water partition coefficient (Wildman–Crippen LogP) is 0.611. The third-order valence-corrected chi connectivity index (χ3v) is 3.04. The van der Waals surface area contributed by atoms with Gasteiger partial charge in [0.2, 0.25) is 5.91 Å². The lowest BCUT2D eigenvalue weighted by Gasteiger charge is -2.17. The summed E-state index contributed by atoms with van der Waals surface area (Å²) in [6, 6.07) is 6.36. The van der Waals surface area contributed by atoms with Crippen molar-refractivity contribution >= 4 is 5.91 Å². The van der Waals surface area contributed by atoms with Gasteiger partial charge >= 0.3 is 0 Å². The molecule has 0 aliphatic carbocycles. The number of nitrogens with zero attached hydrogens (tertiary/aromatic N) is 4. The summed E-state index contributed by atoms with van der Waals surface area (Å²) in [6.45, 7) is 0.215. The zero-order chi connectivity index (χ0) is 15.2. The topological polar surface area (TPSA) is 71.2 Å². The number of hydrogen-bond acceptors (Lipinski definition) is 4. The van der Waals surface area contributed by atoms with Crippen molar-refractivity contribution in [2.24, 2.45) is 0 Å². The minimum absolute atomic E-state index is 0.0141. The van der Waals surface area contributed by atoms with Gasteiger partial charge in [0, 0.05) is 38.4 Å². The molecule has 0 atom stereocenters. The van der Waals surface area contributed by atoms with Gasteiger partial charge in [0.05, 0.1) is 5.69 Å². The van der Waals surface area contributed by atoms with Crippen LogP contribution in [0.25, 0.3) is 0 Å². The van der Waals surface area contributed by atoms with Gasteiger partial charge in [-0.3, -0.25) is 4.79 Å². The summed E-state index contributed by atoms with van der Waals surface area (Å²) < 4.78 is 14.9. The Labute approximate surface area is 121 Å². The van der Waals surface area contributed by atoms with Crippen LogP contribution in [0.5, 0.6) is 0 Å². The van der Waals surface area contributed by atoms with E-state index in [2.05, 4.69) is 10.3 Å². The molecule has 0 fully saturated rings. The Morgan fingerprint density at radius 1 is 1.43 bits per heavy atom. The van der Waals surface area contributed by atoms with Crippen molar-refractivity contribution in [1.29, 1.82) is 0 Å². The molecule has 2 aromatic rings. The first-order valence-corrected chi connectivity index (χ1v) is 6.57. The SMILES string of the molecule is CN(Cc1ccccc1F)C(=O)Cn1cc(CCO)nn1. The molecule has 0 unspecified atom stereocenters. The van der Waals surface area contributed by atoms with Gasteiger partial charge in [-0.2, -0.15) is 0 Å². The zero-order valence-electron chi connectivity index (χ0n) is 11.7. The molecule has 1 aromatic heterocycles. The van der Waals surface area contributed by atoms with Crippen molar-refractivity contribution in [2.45, 2.75) is 19.5 Å². The van der Waals surface area contributed by atoms with Crippen LogP contribution in [0.1, 0.15) is 11.3 Å². The number of hydrogen-bond donors (Lipinski definition) is 1. The van der Waals surface area contributed by atoms with Gasteiger partial charge in [0.25, 0.3) is 0 Å². The van der Waals surface area contributed by atoms with E-state index in [9.17, 15) is 9.18 Å². The van der Waals surface area contributed by atoms with E-state index in [-0.39, 0.29) is 31.4 Å². The van der Waals surface area contributed by atoms with Crippen LogP contribution in [-0.4, -0.2) is 44.6 Å². The Bertz CT molecular complexity index is 615. The number of halogens is 1. The van der Waals surface area contributed by atoms with Crippen LogP contribution in [0.3, 0.4) is 0 Å². The average molecular weight is 292 g/mol. The second kappa shape index (κ2) is 6.94. The molecule has 0 radical (unpaired) electrons. The number of aromatic nitrogens is 3. The number of aliphatic hydroxyl groups is 1. The van der Waals surface area contributed by atoms with Gasteiger partial charge < -0.3 is 10.0 Å². The van der Waals surface area contributed by atoms with Gasteiger partial charge in [0.1, 0.15) is 12.4 Å². The van der Waals surface area contributed by atoms with Gasteiger partial charge in [-0.25, -0.2) is 9.07 Å². The second-order valence-electron chi connectivity index (χ2n) is 4.72. The van der Waals surface area contributed by atoms with E-state index >= 15 is 0 Å². The summed E-state index contributed by atoms with van der Waals surface area (Å²) >= 11 is 0. The number of rotatable bonds is 6. The third-order valence-electron chi connectivity index (χ3n) is 3.04. The molecule has 2 rings (SSSR count). The minimum Gasteiger partial charge on any atom is -0.396 e. The number of benzene rings is 1. The quantitative estimate of drug-likeness (QED) is 0.847. The normalized spacial score (nSPS) is 10.6. The largest absolute Gasteiger partial charge is 0.396 e. The maximum absolute atomic E-state index is 13.5. The van der Waals surface area contributed by atoms with Crippen LogP contribution >= 0.6 is 0 Å². The Balaban J connectivity index is 1.94. The molecule has 1 N–H and O–H groups in total. The standard InChI is InChI=1S/C14H17FN4O2/c1-18(8-11-4-2-3-5-13(11)15)14(21)10-19-9-12(6-7-20)16-17-19/h2-5,9,20H,6-8,10H2,1H3. The molecular weight excluding hydrogens is 275 g/mol. The monoisotopic (exact) mass is 292 g/mol. The van der Waals surface area contributed by atoms with Crippen molar-refractivity contribution in [3.8, 4) is 0 Å². The average Bonchev–Trinajstić information content (AvgIpc) is 2.89. The summed E-state index contributed by atoms with van der Waals surface area (Å²) in [5.41, 5.74) is 1.09. The molecule has 1 amide bonds.